The zero-order chi connectivity index (χ0) is 10.8. The van der Waals surface area contributed by atoms with Crippen LogP contribution in [0.3, 0.4) is 0 Å². The van der Waals surface area contributed by atoms with Gasteiger partial charge < -0.3 is 9.84 Å². The highest BCUT2D eigenvalue weighted by Gasteiger charge is 2.33. The number of aliphatic hydroxyl groups excluding tert-OH is 1. The van der Waals surface area contributed by atoms with Gasteiger partial charge in [0.05, 0.1) is 6.10 Å². The standard InChI is InChI=1S/C13H18O2/c1-9(8-15-2)12-7-10-5-3-4-6-11(10)13(12)14/h3-6,9,12-14H,7-8H2,1-2H3. The van der Waals surface area contributed by atoms with Gasteiger partial charge in [-0.25, -0.2) is 0 Å². The monoisotopic (exact) mass is 206 g/mol. The average molecular weight is 206 g/mol. The molecule has 1 aromatic rings. The molecule has 0 saturated carbocycles. The Bertz CT molecular complexity index is 335. The largest absolute Gasteiger partial charge is 0.388 e. The van der Waals surface area contributed by atoms with Crippen LogP contribution in [-0.2, 0) is 11.2 Å². The fraction of sp³-hybridized carbons (Fsp3) is 0.538. The molecule has 1 aliphatic carbocycles. The van der Waals surface area contributed by atoms with Gasteiger partial charge in [0, 0.05) is 13.7 Å². The van der Waals surface area contributed by atoms with E-state index in [1.165, 1.54) is 5.56 Å². The van der Waals surface area contributed by atoms with Gasteiger partial charge in [0.15, 0.2) is 0 Å². The van der Waals surface area contributed by atoms with Gasteiger partial charge in [-0.15, -0.1) is 0 Å². The number of benzene rings is 1. The number of aliphatic hydroxyl groups is 1. The molecular formula is C13H18O2. The predicted octanol–water partition coefficient (Wildman–Crippen LogP) is 2.17. The molecule has 1 N–H and O–H groups in total. The van der Waals surface area contributed by atoms with Crippen molar-refractivity contribution in [3.8, 4) is 0 Å². The number of rotatable bonds is 3. The Morgan fingerprint density at radius 1 is 1.47 bits per heavy atom. The third-order valence-electron chi connectivity index (χ3n) is 3.40. The highest BCUT2D eigenvalue weighted by atomic mass is 16.5. The molecule has 3 atom stereocenters. The summed E-state index contributed by atoms with van der Waals surface area (Å²) in [6, 6.07) is 8.16. The smallest absolute Gasteiger partial charge is 0.0827 e. The van der Waals surface area contributed by atoms with Crippen LogP contribution in [-0.4, -0.2) is 18.8 Å². The van der Waals surface area contributed by atoms with Crippen LogP contribution in [0, 0.1) is 11.8 Å². The Labute approximate surface area is 90.9 Å². The zero-order valence-corrected chi connectivity index (χ0v) is 9.31. The molecule has 2 rings (SSSR count). The summed E-state index contributed by atoms with van der Waals surface area (Å²) in [5.74, 6) is 0.708. The molecule has 1 aliphatic rings. The predicted molar refractivity (Wildman–Crippen MR) is 59.6 cm³/mol. The van der Waals surface area contributed by atoms with Gasteiger partial charge in [0.25, 0.3) is 0 Å². The van der Waals surface area contributed by atoms with E-state index in [2.05, 4.69) is 13.0 Å². The van der Waals surface area contributed by atoms with Crippen LogP contribution in [0.4, 0.5) is 0 Å². The van der Waals surface area contributed by atoms with E-state index in [9.17, 15) is 5.11 Å². The molecule has 0 heterocycles. The van der Waals surface area contributed by atoms with Crippen LogP contribution >= 0.6 is 0 Å². The van der Waals surface area contributed by atoms with Gasteiger partial charge in [-0.2, -0.15) is 0 Å². The van der Waals surface area contributed by atoms with E-state index in [0.29, 0.717) is 11.8 Å². The minimum absolute atomic E-state index is 0.308. The van der Waals surface area contributed by atoms with E-state index in [-0.39, 0.29) is 6.10 Å². The lowest BCUT2D eigenvalue weighted by atomic mass is 9.90. The molecule has 0 bridgehead atoms. The second-order valence-corrected chi connectivity index (χ2v) is 4.44. The second kappa shape index (κ2) is 4.33. The normalized spacial score (nSPS) is 26.3. The summed E-state index contributed by atoms with van der Waals surface area (Å²) >= 11 is 0. The lowest BCUT2D eigenvalue weighted by Gasteiger charge is -2.21. The Kier molecular flexibility index (Phi) is 3.08. The second-order valence-electron chi connectivity index (χ2n) is 4.44. The summed E-state index contributed by atoms with van der Waals surface area (Å²) in [6.45, 7) is 2.86. The molecule has 0 fully saturated rings. The number of methoxy groups -OCH3 is 1. The summed E-state index contributed by atoms with van der Waals surface area (Å²) in [7, 11) is 1.71. The molecule has 3 unspecified atom stereocenters. The van der Waals surface area contributed by atoms with Gasteiger partial charge >= 0.3 is 0 Å². The molecule has 2 heteroatoms. The summed E-state index contributed by atoms with van der Waals surface area (Å²) in [5.41, 5.74) is 2.39. The molecule has 0 aliphatic heterocycles. The van der Waals surface area contributed by atoms with Gasteiger partial charge in [-0.05, 0) is 29.4 Å². The van der Waals surface area contributed by atoms with Crippen molar-refractivity contribution in [3.05, 3.63) is 35.4 Å². The minimum atomic E-state index is -0.314. The fourth-order valence-corrected chi connectivity index (χ4v) is 2.50. The van der Waals surface area contributed by atoms with Crippen molar-refractivity contribution in [2.75, 3.05) is 13.7 Å². The molecule has 0 aromatic heterocycles. The molecule has 0 saturated heterocycles. The maximum Gasteiger partial charge on any atom is 0.0827 e. The Balaban J connectivity index is 2.16. The molecule has 0 radical (unpaired) electrons. The summed E-state index contributed by atoms with van der Waals surface area (Å²) in [6.07, 6.45) is 0.661. The van der Waals surface area contributed by atoms with Crippen LogP contribution in [0.25, 0.3) is 0 Å². The quantitative estimate of drug-likeness (QED) is 0.821. The first-order valence-corrected chi connectivity index (χ1v) is 5.49. The van der Waals surface area contributed by atoms with Crippen LogP contribution in [0.2, 0.25) is 0 Å². The molecule has 0 spiro atoms. The Hall–Kier alpha value is -0.860. The SMILES string of the molecule is COCC(C)C1Cc2ccccc2C1O. The molecule has 15 heavy (non-hydrogen) atoms. The van der Waals surface area contributed by atoms with Gasteiger partial charge in [0.2, 0.25) is 0 Å². The highest BCUT2D eigenvalue weighted by Crippen LogP contribution is 2.39. The van der Waals surface area contributed by atoms with E-state index >= 15 is 0 Å². The highest BCUT2D eigenvalue weighted by molar-refractivity contribution is 5.34. The van der Waals surface area contributed by atoms with E-state index in [0.717, 1.165) is 18.6 Å². The Morgan fingerprint density at radius 3 is 2.87 bits per heavy atom. The first-order chi connectivity index (χ1) is 7.24. The van der Waals surface area contributed by atoms with Crippen molar-refractivity contribution in [3.63, 3.8) is 0 Å². The van der Waals surface area contributed by atoms with E-state index in [1.54, 1.807) is 7.11 Å². The molecule has 2 nitrogen and oxygen atoms in total. The van der Waals surface area contributed by atoms with Gasteiger partial charge in [-0.1, -0.05) is 31.2 Å². The van der Waals surface area contributed by atoms with Gasteiger partial charge in [-0.3, -0.25) is 0 Å². The van der Waals surface area contributed by atoms with Crippen molar-refractivity contribution in [2.24, 2.45) is 11.8 Å². The molecule has 0 amide bonds. The summed E-state index contributed by atoms with van der Waals surface area (Å²) in [4.78, 5) is 0. The lowest BCUT2D eigenvalue weighted by molar-refractivity contribution is 0.0530. The lowest BCUT2D eigenvalue weighted by Crippen LogP contribution is -2.20. The van der Waals surface area contributed by atoms with Crippen LogP contribution < -0.4 is 0 Å². The number of hydrogen-bond donors (Lipinski definition) is 1. The minimum Gasteiger partial charge on any atom is -0.388 e. The van der Waals surface area contributed by atoms with Crippen LogP contribution in [0.1, 0.15) is 24.2 Å². The third-order valence-corrected chi connectivity index (χ3v) is 3.40. The number of hydrogen-bond acceptors (Lipinski definition) is 2. The Morgan fingerprint density at radius 2 is 2.20 bits per heavy atom. The van der Waals surface area contributed by atoms with Crippen molar-refractivity contribution in [1.82, 2.24) is 0 Å². The fourth-order valence-electron chi connectivity index (χ4n) is 2.50. The first-order valence-electron chi connectivity index (χ1n) is 5.49. The maximum absolute atomic E-state index is 10.2. The van der Waals surface area contributed by atoms with E-state index in [4.69, 9.17) is 4.74 Å². The molecule has 82 valence electrons. The van der Waals surface area contributed by atoms with E-state index < -0.39 is 0 Å². The van der Waals surface area contributed by atoms with Gasteiger partial charge in [0.1, 0.15) is 0 Å². The summed E-state index contributed by atoms with van der Waals surface area (Å²) in [5, 5.41) is 10.2. The topological polar surface area (TPSA) is 29.5 Å². The summed E-state index contributed by atoms with van der Waals surface area (Å²) < 4.78 is 5.15. The van der Waals surface area contributed by atoms with Crippen LogP contribution in [0.5, 0.6) is 0 Å². The van der Waals surface area contributed by atoms with E-state index in [1.807, 2.05) is 18.2 Å². The number of ether oxygens (including phenoxy) is 1. The zero-order valence-electron chi connectivity index (χ0n) is 9.31. The van der Waals surface area contributed by atoms with Crippen molar-refractivity contribution in [2.45, 2.75) is 19.4 Å². The van der Waals surface area contributed by atoms with Crippen molar-refractivity contribution in [1.29, 1.82) is 0 Å². The first kappa shape index (κ1) is 10.7. The number of fused-ring (bicyclic) bond motifs is 1. The molecular weight excluding hydrogens is 188 g/mol. The third kappa shape index (κ3) is 1.92. The van der Waals surface area contributed by atoms with Crippen LogP contribution in [0.15, 0.2) is 24.3 Å². The average Bonchev–Trinajstić information content (AvgIpc) is 2.57. The molecule has 1 aromatic carbocycles. The van der Waals surface area contributed by atoms with Crippen molar-refractivity contribution < 1.29 is 9.84 Å². The maximum atomic E-state index is 10.2. The van der Waals surface area contributed by atoms with Crippen molar-refractivity contribution >= 4 is 0 Å².